The lowest BCUT2D eigenvalue weighted by Crippen LogP contribution is -2.49. The molecule has 31 heavy (non-hydrogen) atoms. The third-order valence-corrected chi connectivity index (χ3v) is 5.58. The van der Waals surface area contributed by atoms with Crippen LogP contribution in [0.1, 0.15) is 23.0 Å². The highest BCUT2D eigenvalue weighted by atomic mass is 32.1. The molecule has 3 amide bonds. The molecule has 0 aliphatic carbocycles. The molecule has 2 aromatic rings. The van der Waals surface area contributed by atoms with E-state index in [9.17, 15) is 19.2 Å². The largest absolute Gasteiger partial charge is 0.427 e. The number of amides is 3. The summed E-state index contributed by atoms with van der Waals surface area (Å²) in [4.78, 5) is 52.9. The molecule has 9 nitrogen and oxygen atoms in total. The number of ether oxygens (including phenoxy) is 3. The molecule has 0 bridgehead atoms. The SMILES string of the molecule is COC(CN(C(=O)c1cccs1)C1CC(=O)N(c2ccc(OC(C)=O)cc2)C1=O)OC. The van der Waals surface area contributed by atoms with Crippen LogP contribution in [0.25, 0.3) is 0 Å². The minimum absolute atomic E-state index is 0.0212. The van der Waals surface area contributed by atoms with Gasteiger partial charge in [0.25, 0.3) is 11.8 Å². The monoisotopic (exact) mass is 446 g/mol. The number of methoxy groups -OCH3 is 2. The molecule has 1 atom stereocenters. The molecule has 0 radical (unpaired) electrons. The van der Waals surface area contributed by atoms with E-state index in [0.29, 0.717) is 16.3 Å². The van der Waals surface area contributed by atoms with Gasteiger partial charge in [-0.25, -0.2) is 4.90 Å². The maximum absolute atomic E-state index is 13.2. The molecule has 1 aromatic heterocycles. The van der Waals surface area contributed by atoms with Crippen molar-refractivity contribution >= 4 is 40.7 Å². The van der Waals surface area contributed by atoms with Crippen LogP contribution in [0.2, 0.25) is 0 Å². The minimum Gasteiger partial charge on any atom is -0.427 e. The molecule has 10 heteroatoms. The summed E-state index contributed by atoms with van der Waals surface area (Å²) in [5, 5.41) is 1.76. The molecule has 0 saturated carbocycles. The van der Waals surface area contributed by atoms with Crippen molar-refractivity contribution in [2.45, 2.75) is 25.7 Å². The van der Waals surface area contributed by atoms with E-state index in [1.807, 2.05) is 0 Å². The van der Waals surface area contributed by atoms with Gasteiger partial charge in [0.15, 0.2) is 6.29 Å². The van der Waals surface area contributed by atoms with Gasteiger partial charge < -0.3 is 19.1 Å². The van der Waals surface area contributed by atoms with Gasteiger partial charge in [-0.1, -0.05) is 6.07 Å². The highest BCUT2D eigenvalue weighted by Gasteiger charge is 2.45. The molecule has 1 unspecified atom stereocenters. The van der Waals surface area contributed by atoms with Crippen LogP contribution in [0.15, 0.2) is 41.8 Å². The second-order valence-corrected chi connectivity index (χ2v) is 7.66. The van der Waals surface area contributed by atoms with Gasteiger partial charge in [-0.15, -0.1) is 11.3 Å². The van der Waals surface area contributed by atoms with E-state index in [2.05, 4.69) is 0 Å². The number of thiophene rings is 1. The number of carbonyl (C=O) groups is 4. The molecule has 3 rings (SSSR count). The van der Waals surface area contributed by atoms with Gasteiger partial charge in [0.1, 0.15) is 11.8 Å². The molecule has 1 aromatic carbocycles. The number of benzene rings is 1. The minimum atomic E-state index is -0.997. The van der Waals surface area contributed by atoms with Crippen molar-refractivity contribution < 1.29 is 33.4 Å². The number of imide groups is 1. The Bertz CT molecular complexity index is 955. The van der Waals surface area contributed by atoms with E-state index in [0.717, 1.165) is 4.90 Å². The van der Waals surface area contributed by atoms with Crippen LogP contribution >= 0.6 is 11.3 Å². The van der Waals surface area contributed by atoms with E-state index in [1.165, 1.54) is 61.6 Å². The van der Waals surface area contributed by atoms with Crippen molar-refractivity contribution in [2.24, 2.45) is 0 Å². The second kappa shape index (κ2) is 9.82. The average molecular weight is 446 g/mol. The lowest BCUT2D eigenvalue weighted by atomic mass is 10.2. The summed E-state index contributed by atoms with van der Waals surface area (Å²) < 4.78 is 15.4. The van der Waals surface area contributed by atoms with E-state index in [-0.39, 0.29) is 18.9 Å². The Morgan fingerprint density at radius 3 is 2.39 bits per heavy atom. The fourth-order valence-corrected chi connectivity index (χ4v) is 3.94. The first-order chi connectivity index (χ1) is 14.8. The Morgan fingerprint density at radius 2 is 1.84 bits per heavy atom. The van der Waals surface area contributed by atoms with Gasteiger partial charge in [-0.05, 0) is 35.7 Å². The Labute approximate surface area is 183 Å². The van der Waals surface area contributed by atoms with E-state index < -0.39 is 30.1 Å². The van der Waals surface area contributed by atoms with Crippen LogP contribution in [-0.2, 0) is 23.9 Å². The van der Waals surface area contributed by atoms with Gasteiger partial charge in [-0.3, -0.25) is 19.2 Å². The molecule has 164 valence electrons. The van der Waals surface area contributed by atoms with E-state index in [4.69, 9.17) is 14.2 Å². The summed E-state index contributed by atoms with van der Waals surface area (Å²) in [5.41, 5.74) is 0.326. The van der Waals surface area contributed by atoms with E-state index in [1.54, 1.807) is 17.5 Å². The number of hydrogen-bond donors (Lipinski definition) is 0. The number of nitrogens with zero attached hydrogens (tertiary/aromatic N) is 2. The summed E-state index contributed by atoms with van der Waals surface area (Å²) in [6, 6.07) is 8.39. The Morgan fingerprint density at radius 1 is 1.16 bits per heavy atom. The third kappa shape index (κ3) is 4.98. The van der Waals surface area contributed by atoms with Crippen LogP contribution < -0.4 is 9.64 Å². The standard InChI is InChI=1S/C21H22N2O7S/c1-13(24)30-15-8-6-14(7-9-15)23-18(25)11-16(20(23)26)22(12-19(28-2)29-3)21(27)17-5-4-10-31-17/h4-10,16,19H,11-12H2,1-3H3. The molecule has 0 spiro atoms. The molecule has 1 aliphatic rings. The first-order valence-electron chi connectivity index (χ1n) is 9.41. The van der Waals surface area contributed by atoms with Gasteiger partial charge in [0.2, 0.25) is 5.91 Å². The molecule has 0 N–H and O–H groups in total. The Balaban J connectivity index is 1.87. The van der Waals surface area contributed by atoms with Gasteiger partial charge in [0, 0.05) is 21.1 Å². The Hall–Kier alpha value is -3.08. The fraction of sp³-hybridized carbons (Fsp3) is 0.333. The highest BCUT2D eigenvalue weighted by molar-refractivity contribution is 7.12. The van der Waals surface area contributed by atoms with Crippen molar-refractivity contribution in [2.75, 3.05) is 25.7 Å². The zero-order chi connectivity index (χ0) is 22.5. The van der Waals surface area contributed by atoms with Crippen LogP contribution in [0.4, 0.5) is 5.69 Å². The van der Waals surface area contributed by atoms with Crippen molar-refractivity contribution in [3.8, 4) is 5.75 Å². The molecule has 2 heterocycles. The first-order valence-corrected chi connectivity index (χ1v) is 10.3. The van der Waals surface area contributed by atoms with Crippen LogP contribution in [0, 0.1) is 0 Å². The first kappa shape index (κ1) is 22.6. The van der Waals surface area contributed by atoms with Crippen molar-refractivity contribution in [1.82, 2.24) is 4.90 Å². The summed E-state index contributed by atoms with van der Waals surface area (Å²) in [6.07, 6.45) is -0.925. The highest BCUT2D eigenvalue weighted by Crippen LogP contribution is 2.29. The van der Waals surface area contributed by atoms with Crippen molar-refractivity contribution in [3.63, 3.8) is 0 Å². The molecule has 1 aliphatic heterocycles. The Kier molecular flexibility index (Phi) is 7.16. The van der Waals surface area contributed by atoms with Crippen LogP contribution in [-0.4, -0.2) is 61.7 Å². The van der Waals surface area contributed by atoms with Gasteiger partial charge in [0.05, 0.1) is 23.5 Å². The topological polar surface area (TPSA) is 102 Å². The lowest BCUT2D eigenvalue weighted by Gasteiger charge is -2.29. The second-order valence-electron chi connectivity index (χ2n) is 6.71. The predicted octanol–water partition coefficient (Wildman–Crippen LogP) is 2.07. The quantitative estimate of drug-likeness (QED) is 0.265. The van der Waals surface area contributed by atoms with E-state index >= 15 is 0 Å². The molecular formula is C21H22N2O7S. The zero-order valence-electron chi connectivity index (χ0n) is 17.3. The normalized spacial score (nSPS) is 16.1. The summed E-state index contributed by atoms with van der Waals surface area (Å²) in [5.74, 6) is -1.53. The fourth-order valence-electron chi connectivity index (χ4n) is 3.26. The number of anilines is 1. The number of hydrogen-bond acceptors (Lipinski definition) is 8. The lowest BCUT2D eigenvalue weighted by molar-refractivity contribution is -0.132. The maximum Gasteiger partial charge on any atom is 0.308 e. The van der Waals surface area contributed by atoms with Crippen molar-refractivity contribution in [1.29, 1.82) is 0 Å². The molecule has 1 saturated heterocycles. The maximum atomic E-state index is 13.2. The van der Waals surface area contributed by atoms with Crippen LogP contribution in [0.3, 0.4) is 0 Å². The summed E-state index contributed by atoms with van der Waals surface area (Å²) in [6.45, 7) is 1.26. The van der Waals surface area contributed by atoms with Crippen LogP contribution in [0.5, 0.6) is 5.75 Å². The van der Waals surface area contributed by atoms with Gasteiger partial charge >= 0.3 is 5.97 Å². The molecule has 1 fully saturated rings. The number of carbonyl (C=O) groups excluding carboxylic acids is 4. The van der Waals surface area contributed by atoms with Crippen molar-refractivity contribution in [3.05, 3.63) is 46.7 Å². The third-order valence-electron chi connectivity index (χ3n) is 4.72. The molecular weight excluding hydrogens is 424 g/mol. The number of esters is 1. The predicted molar refractivity (Wildman–Crippen MR) is 112 cm³/mol. The number of rotatable bonds is 8. The smallest absolute Gasteiger partial charge is 0.308 e. The summed E-state index contributed by atoms with van der Waals surface area (Å²) >= 11 is 1.24. The average Bonchev–Trinajstić information content (AvgIpc) is 3.38. The zero-order valence-corrected chi connectivity index (χ0v) is 18.1. The van der Waals surface area contributed by atoms with Gasteiger partial charge in [-0.2, -0.15) is 0 Å². The summed E-state index contributed by atoms with van der Waals surface area (Å²) in [7, 11) is 2.86.